The van der Waals surface area contributed by atoms with Gasteiger partial charge in [-0.1, -0.05) is 48.2 Å². The van der Waals surface area contributed by atoms with Gasteiger partial charge in [0, 0.05) is 5.69 Å². The fraction of sp³-hybridized carbons (Fsp3) is 0.222. The number of carbonyl (C=O) groups is 3. The Morgan fingerprint density at radius 1 is 0.972 bits per heavy atom. The van der Waals surface area contributed by atoms with Crippen molar-refractivity contribution < 1.29 is 23.9 Å². The first-order valence-corrected chi connectivity index (χ1v) is 12.4. The molecule has 0 aromatic heterocycles. The van der Waals surface area contributed by atoms with Crippen LogP contribution in [0.15, 0.2) is 72.8 Å². The number of para-hydroxylation sites is 2. The first-order valence-electron chi connectivity index (χ1n) is 11.6. The number of nitrogens with zero attached hydrogens (tertiary/aromatic N) is 2. The first-order chi connectivity index (χ1) is 17.5. The first kappa shape index (κ1) is 23.7. The molecule has 2 heterocycles. The number of carbonyl (C=O) groups excluding carboxylic acids is 3. The van der Waals surface area contributed by atoms with E-state index < -0.39 is 5.25 Å². The summed E-state index contributed by atoms with van der Waals surface area (Å²) in [6, 6.07) is 22.8. The number of methoxy groups -OCH3 is 1. The fourth-order valence-electron chi connectivity index (χ4n) is 4.34. The van der Waals surface area contributed by atoms with Crippen LogP contribution in [0.4, 0.5) is 16.2 Å². The molecule has 1 unspecified atom stereocenters. The highest BCUT2D eigenvalue weighted by atomic mass is 32.2. The number of rotatable bonds is 8. The number of fused-ring (bicyclic) bond motifs is 1. The van der Waals surface area contributed by atoms with Crippen LogP contribution in [0.3, 0.4) is 0 Å². The molecule has 1 saturated heterocycles. The van der Waals surface area contributed by atoms with E-state index in [2.05, 4.69) is 10.2 Å². The van der Waals surface area contributed by atoms with Crippen molar-refractivity contribution in [3.63, 3.8) is 0 Å². The fourth-order valence-corrected chi connectivity index (χ4v) is 5.20. The largest absolute Gasteiger partial charge is 0.495 e. The van der Waals surface area contributed by atoms with Crippen molar-refractivity contribution >= 4 is 40.2 Å². The smallest absolute Gasteiger partial charge is 0.286 e. The Morgan fingerprint density at radius 2 is 1.75 bits per heavy atom. The van der Waals surface area contributed by atoms with Crippen molar-refractivity contribution in [3.8, 4) is 11.5 Å². The molecule has 0 spiro atoms. The predicted octanol–water partition coefficient (Wildman–Crippen LogP) is 4.22. The molecule has 0 radical (unpaired) electrons. The maximum absolute atomic E-state index is 13.3. The molecule has 5 rings (SSSR count). The lowest BCUT2D eigenvalue weighted by Gasteiger charge is -2.38. The van der Waals surface area contributed by atoms with Gasteiger partial charge in [-0.3, -0.25) is 19.7 Å². The van der Waals surface area contributed by atoms with Crippen LogP contribution in [0.5, 0.6) is 11.5 Å². The van der Waals surface area contributed by atoms with Gasteiger partial charge in [0.2, 0.25) is 5.91 Å². The monoisotopic (exact) mass is 503 g/mol. The molecule has 0 aliphatic carbocycles. The Hall–Kier alpha value is -3.98. The Labute approximate surface area is 213 Å². The summed E-state index contributed by atoms with van der Waals surface area (Å²) in [6.07, 6.45) is 0.475. The van der Waals surface area contributed by atoms with Crippen molar-refractivity contribution in [1.82, 2.24) is 10.2 Å². The van der Waals surface area contributed by atoms with Gasteiger partial charge in [0.1, 0.15) is 18.1 Å². The van der Waals surface area contributed by atoms with Gasteiger partial charge in [-0.15, -0.1) is 0 Å². The molecule has 3 aromatic rings. The second-order valence-corrected chi connectivity index (χ2v) is 9.59. The van der Waals surface area contributed by atoms with E-state index in [4.69, 9.17) is 9.47 Å². The SMILES string of the molecule is COc1cccc2c1N(c1ccccc1)CN(CCOc1ccc(CC3SC(=O)NC3=O)cc1)C2=O. The highest BCUT2D eigenvalue weighted by Crippen LogP contribution is 2.40. The third-order valence-electron chi connectivity index (χ3n) is 6.13. The van der Waals surface area contributed by atoms with Gasteiger partial charge in [0.05, 0.1) is 36.8 Å². The van der Waals surface area contributed by atoms with Crippen LogP contribution in [0, 0.1) is 0 Å². The zero-order valence-electron chi connectivity index (χ0n) is 19.7. The normalized spacial score (nSPS) is 17.1. The summed E-state index contributed by atoms with van der Waals surface area (Å²) < 4.78 is 11.5. The van der Waals surface area contributed by atoms with E-state index >= 15 is 0 Å². The Kier molecular flexibility index (Phi) is 6.81. The van der Waals surface area contributed by atoms with E-state index in [0.29, 0.717) is 43.3 Å². The van der Waals surface area contributed by atoms with E-state index in [1.165, 1.54) is 0 Å². The van der Waals surface area contributed by atoms with Crippen molar-refractivity contribution in [1.29, 1.82) is 0 Å². The molecule has 2 aliphatic heterocycles. The minimum atomic E-state index is -0.400. The molecule has 2 aliphatic rings. The molecular formula is C27H25N3O5S. The zero-order chi connectivity index (χ0) is 25.1. The molecule has 9 heteroatoms. The highest BCUT2D eigenvalue weighted by Gasteiger charge is 2.33. The van der Waals surface area contributed by atoms with E-state index in [1.807, 2.05) is 72.8 Å². The minimum absolute atomic E-state index is 0.0723. The van der Waals surface area contributed by atoms with Gasteiger partial charge in [-0.25, -0.2) is 0 Å². The lowest BCUT2D eigenvalue weighted by Crippen LogP contribution is -2.46. The lowest BCUT2D eigenvalue weighted by molar-refractivity contribution is -0.118. The van der Waals surface area contributed by atoms with E-state index in [9.17, 15) is 14.4 Å². The van der Waals surface area contributed by atoms with E-state index in [-0.39, 0.29) is 17.1 Å². The van der Waals surface area contributed by atoms with Gasteiger partial charge in [-0.2, -0.15) is 0 Å². The Morgan fingerprint density at radius 3 is 2.44 bits per heavy atom. The topological polar surface area (TPSA) is 88.2 Å². The van der Waals surface area contributed by atoms with Crippen LogP contribution in [0.1, 0.15) is 15.9 Å². The van der Waals surface area contributed by atoms with Crippen LogP contribution in [0.2, 0.25) is 0 Å². The van der Waals surface area contributed by atoms with Gasteiger partial charge in [-0.05, 0) is 48.4 Å². The predicted molar refractivity (Wildman–Crippen MR) is 138 cm³/mol. The average Bonchev–Trinajstić information content (AvgIpc) is 3.22. The number of anilines is 2. The molecule has 3 amide bonds. The molecule has 0 bridgehead atoms. The number of imide groups is 1. The number of amides is 3. The summed E-state index contributed by atoms with van der Waals surface area (Å²) >= 11 is 1.02. The zero-order valence-corrected chi connectivity index (χ0v) is 20.5. The third kappa shape index (κ3) is 4.87. The lowest BCUT2D eigenvalue weighted by atomic mass is 10.1. The summed E-state index contributed by atoms with van der Waals surface area (Å²) in [4.78, 5) is 40.3. The standard InChI is InChI=1S/C27H25N3O5S/c1-34-22-9-5-8-21-24(22)30(19-6-3-2-4-7-19)17-29(26(21)32)14-15-35-20-12-10-18(11-13-20)16-23-25(31)28-27(33)36-23/h2-13,23H,14-17H2,1H3,(H,28,31,33). The quantitative estimate of drug-likeness (QED) is 0.492. The molecule has 8 nitrogen and oxygen atoms in total. The second-order valence-electron chi connectivity index (χ2n) is 8.41. The number of hydrogen-bond acceptors (Lipinski definition) is 7. The number of hydrogen-bond donors (Lipinski definition) is 1. The molecule has 1 fully saturated rings. The van der Waals surface area contributed by atoms with Crippen LogP contribution in [-0.2, 0) is 11.2 Å². The molecule has 3 aromatic carbocycles. The molecule has 1 N–H and O–H groups in total. The van der Waals surface area contributed by atoms with Gasteiger partial charge >= 0.3 is 0 Å². The maximum atomic E-state index is 13.3. The van der Waals surface area contributed by atoms with Crippen molar-refractivity contribution in [2.24, 2.45) is 0 Å². The molecule has 0 saturated carbocycles. The minimum Gasteiger partial charge on any atom is -0.495 e. The molecule has 1 atom stereocenters. The van der Waals surface area contributed by atoms with Crippen molar-refractivity contribution in [2.75, 3.05) is 31.8 Å². The summed E-state index contributed by atoms with van der Waals surface area (Å²) in [5, 5.41) is 1.60. The van der Waals surface area contributed by atoms with E-state index in [1.54, 1.807) is 12.0 Å². The summed E-state index contributed by atoms with van der Waals surface area (Å²) in [6.45, 7) is 1.10. The van der Waals surface area contributed by atoms with Gasteiger partial charge in [0.25, 0.3) is 11.1 Å². The molecule has 36 heavy (non-hydrogen) atoms. The van der Waals surface area contributed by atoms with Gasteiger partial charge in [0.15, 0.2) is 0 Å². The van der Waals surface area contributed by atoms with Crippen LogP contribution in [0.25, 0.3) is 0 Å². The van der Waals surface area contributed by atoms with Crippen molar-refractivity contribution in [3.05, 3.63) is 83.9 Å². The van der Waals surface area contributed by atoms with Crippen molar-refractivity contribution in [2.45, 2.75) is 11.7 Å². The van der Waals surface area contributed by atoms with Crippen LogP contribution in [-0.4, -0.2) is 54.1 Å². The molecular weight excluding hydrogens is 478 g/mol. The maximum Gasteiger partial charge on any atom is 0.286 e. The van der Waals surface area contributed by atoms with Gasteiger partial charge < -0.3 is 19.3 Å². The number of thioether (sulfide) groups is 1. The number of nitrogens with one attached hydrogen (secondary N) is 1. The Bertz CT molecular complexity index is 1280. The average molecular weight is 504 g/mol. The number of ether oxygens (including phenoxy) is 2. The van der Waals surface area contributed by atoms with Crippen LogP contribution >= 0.6 is 11.8 Å². The van der Waals surface area contributed by atoms with E-state index in [0.717, 1.165) is 28.7 Å². The summed E-state index contributed by atoms with van der Waals surface area (Å²) in [5.41, 5.74) is 3.26. The summed E-state index contributed by atoms with van der Waals surface area (Å²) in [7, 11) is 1.61. The molecule has 184 valence electrons. The highest BCUT2D eigenvalue weighted by molar-refractivity contribution is 8.15. The Balaban J connectivity index is 1.25. The second kappa shape index (κ2) is 10.3. The third-order valence-corrected chi connectivity index (χ3v) is 7.11. The van der Waals surface area contributed by atoms with Crippen LogP contribution < -0.4 is 19.7 Å². The summed E-state index contributed by atoms with van der Waals surface area (Å²) in [5.74, 6) is 1.00. The number of benzene rings is 3.